The van der Waals surface area contributed by atoms with Gasteiger partial charge in [0, 0.05) is 6.54 Å². The smallest absolute Gasteiger partial charge is 0.00201 e. The highest BCUT2D eigenvalue weighted by Gasteiger charge is 2.14. The summed E-state index contributed by atoms with van der Waals surface area (Å²) in [6.45, 7) is 11.2. The Kier molecular flexibility index (Phi) is 7.04. The lowest BCUT2D eigenvalue weighted by atomic mass is 9.87. The minimum absolute atomic E-state index is 0.659. The summed E-state index contributed by atoms with van der Waals surface area (Å²) in [5, 5.41) is 3.51. The van der Waals surface area contributed by atoms with E-state index in [0.717, 1.165) is 19.0 Å². The molecule has 2 atom stereocenters. The highest BCUT2D eigenvalue weighted by molar-refractivity contribution is 5.24. The third kappa shape index (κ3) is 5.22. The van der Waals surface area contributed by atoms with Gasteiger partial charge in [-0.3, -0.25) is 0 Å². The van der Waals surface area contributed by atoms with Crippen LogP contribution in [0.3, 0.4) is 0 Å². The average Bonchev–Trinajstić information content (AvgIpc) is 2.36. The summed E-state index contributed by atoms with van der Waals surface area (Å²) in [5.41, 5.74) is 2.84. The van der Waals surface area contributed by atoms with Crippen molar-refractivity contribution in [2.75, 3.05) is 13.1 Å². The molecule has 1 N–H and O–H groups in total. The van der Waals surface area contributed by atoms with Crippen molar-refractivity contribution in [2.24, 2.45) is 5.92 Å². The van der Waals surface area contributed by atoms with E-state index < -0.39 is 0 Å². The molecular weight excluding hydrogens is 218 g/mol. The summed E-state index contributed by atoms with van der Waals surface area (Å²) in [7, 11) is 0. The van der Waals surface area contributed by atoms with E-state index >= 15 is 0 Å². The molecule has 1 rings (SSSR count). The Labute approximate surface area is 113 Å². The molecule has 0 amide bonds. The van der Waals surface area contributed by atoms with Crippen molar-refractivity contribution in [3.8, 4) is 0 Å². The highest BCUT2D eigenvalue weighted by atomic mass is 14.8. The Morgan fingerprint density at radius 2 is 1.78 bits per heavy atom. The molecule has 1 aromatic rings. The quantitative estimate of drug-likeness (QED) is 0.712. The van der Waals surface area contributed by atoms with Crippen LogP contribution in [0.25, 0.3) is 0 Å². The molecule has 0 fully saturated rings. The van der Waals surface area contributed by atoms with Crippen molar-refractivity contribution in [3.63, 3.8) is 0 Å². The van der Waals surface area contributed by atoms with E-state index in [1.807, 2.05) is 0 Å². The molecular formula is C17H29N. The van der Waals surface area contributed by atoms with Crippen molar-refractivity contribution < 1.29 is 0 Å². The first-order valence-electron chi connectivity index (χ1n) is 7.44. The lowest BCUT2D eigenvalue weighted by molar-refractivity contribution is 0.422. The van der Waals surface area contributed by atoms with Gasteiger partial charge in [-0.05, 0) is 37.3 Å². The van der Waals surface area contributed by atoms with Crippen LogP contribution in [-0.4, -0.2) is 13.1 Å². The Morgan fingerprint density at radius 1 is 1.11 bits per heavy atom. The molecule has 1 aromatic carbocycles. The first-order chi connectivity index (χ1) is 8.67. The molecule has 18 heavy (non-hydrogen) atoms. The maximum Gasteiger partial charge on any atom is 0.00201 e. The highest BCUT2D eigenvalue weighted by Crippen LogP contribution is 2.25. The van der Waals surface area contributed by atoms with Gasteiger partial charge in [0.15, 0.2) is 0 Å². The number of aryl methyl sites for hydroxylation is 1. The lowest BCUT2D eigenvalue weighted by Crippen LogP contribution is -2.22. The number of benzene rings is 1. The average molecular weight is 247 g/mol. The van der Waals surface area contributed by atoms with Gasteiger partial charge in [-0.2, -0.15) is 0 Å². The van der Waals surface area contributed by atoms with Crippen molar-refractivity contribution in [2.45, 2.75) is 52.9 Å². The number of rotatable bonds is 8. The first-order valence-corrected chi connectivity index (χ1v) is 7.44. The van der Waals surface area contributed by atoms with Gasteiger partial charge in [-0.15, -0.1) is 0 Å². The molecule has 0 aromatic heterocycles. The van der Waals surface area contributed by atoms with E-state index in [2.05, 4.69) is 57.3 Å². The third-order valence-corrected chi connectivity index (χ3v) is 3.66. The summed E-state index contributed by atoms with van der Waals surface area (Å²) >= 11 is 0. The molecule has 0 aliphatic carbocycles. The van der Waals surface area contributed by atoms with Crippen LogP contribution in [0, 0.1) is 12.8 Å². The van der Waals surface area contributed by atoms with Gasteiger partial charge in [-0.25, -0.2) is 0 Å². The van der Waals surface area contributed by atoms with Gasteiger partial charge in [0.2, 0.25) is 0 Å². The van der Waals surface area contributed by atoms with Crippen LogP contribution in [0.1, 0.15) is 57.1 Å². The summed E-state index contributed by atoms with van der Waals surface area (Å²) in [6.07, 6.45) is 3.93. The maximum absolute atomic E-state index is 3.51. The normalized spacial score (nSPS) is 14.4. The van der Waals surface area contributed by atoms with E-state index in [4.69, 9.17) is 0 Å². The molecule has 0 aliphatic heterocycles. The van der Waals surface area contributed by atoms with Crippen LogP contribution in [0.2, 0.25) is 0 Å². The lowest BCUT2D eigenvalue weighted by Gasteiger charge is -2.22. The molecule has 2 unspecified atom stereocenters. The van der Waals surface area contributed by atoms with E-state index in [-0.39, 0.29) is 0 Å². The third-order valence-electron chi connectivity index (χ3n) is 3.66. The van der Waals surface area contributed by atoms with Crippen molar-refractivity contribution in [1.29, 1.82) is 0 Å². The van der Waals surface area contributed by atoms with Crippen LogP contribution in [-0.2, 0) is 0 Å². The van der Waals surface area contributed by atoms with E-state index in [0.29, 0.717) is 5.92 Å². The Hall–Kier alpha value is -0.820. The Bertz CT molecular complexity index is 315. The Balaban J connectivity index is 2.67. The molecule has 0 saturated heterocycles. The van der Waals surface area contributed by atoms with Crippen LogP contribution in [0.5, 0.6) is 0 Å². The minimum atomic E-state index is 0.659. The summed E-state index contributed by atoms with van der Waals surface area (Å²) in [5.74, 6) is 1.48. The molecule has 0 heterocycles. The molecule has 0 aliphatic rings. The van der Waals surface area contributed by atoms with Crippen molar-refractivity contribution in [3.05, 3.63) is 35.4 Å². The second-order valence-electron chi connectivity index (χ2n) is 5.54. The van der Waals surface area contributed by atoms with E-state index in [1.165, 1.54) is 30.4 Å². The van der Waals surface area contributed by atoms with Gasteiger partial charge in [0.05, 0.1) is 0 Å². The second kappa shape index (κ2) is 8.31. The topological polar surface area (TPSA) is 12.0 Å². The van der Waals surface area contributed by atoms with E-state index in [9.17, 15) is 0 Å². The summed E-state index contributed by atoms with van der Waals surface area (Å²) in [4.78, 5) is 0. The molecule has 0 radical (unpaired) electrons. The molecule has 0 bridgehead atoms. The molecule has 0 saturated carbocycles. The largest absolute Gasteiger partial charge is 0.316 e. The number of likely N-dealkylation sites (N-methyl/N-ethyl adjacent to an activating group) is 1. The zero-order valence-corrected chi connectivity index (χ0v) is 12.5. The molecule has 1 nitrogen and oxygen atoms in total. The Morgan fingerprint density at radius 3 is 2.33 bits per heavy atom. The monoisotopic (exact) mass is 247 g/mol. The maximum atomic E-state index is 3.51. The van der Waals surface area contributed by atoms with Crippen LogP contribution >= 0.6 is 0 Å². The fraction of sp³-hybridized carbons (Fsp3) is 0.647. The molecule has 102 valence electrons. The van der Waals surface area contributed by atoms with Gasteiger partial charge in [-0.1, -0.05) is 63.4 Å². The zero-order valence-electron chi connectivity index (χ0n) is 12.5. The van der Waals surface area contributed by atoms with E-state index in [1.54, 1.807) is 0 Å². The number of hydrogen-bond acceptors (Lipinski definition) is 1. The SMILES string of the molecule is CCCC(C)CC(CNCC)c1ccc(C)cc1. The van der Waals surface area contributed by atoms with Crippen molar-refractivity contribution in [1.82, 2.24) is 5.32 Å². The van der Waals surface area contributed by atoms with Crippen molar-refractivity contribution >= 4 is 0 Å². The van der Waals surface area contributed by atoms with Gasteiger partial charge in [0.1, 0.15) is 0 Å². The number of hydrogen-bond donors (Lipinski definition) is 1. The fourth-order valence-electron chi connectivity index (χ4n) is 2.59. The van der Waals surface area contributed by atoms with Crippen LogP contribution in [0.15, 0.2) is 24.3 Å². The summed E-state index contributed by atoms with van der Waals surface area (Å²) < 4.78 is 0. The fourth-order valence-corrected chi connectivity index (χ4v) is 2.59. The molecule has 0 spiro atoms. The minimum Gasteiger partial charge on any atom is -0.316 e. The van der Waals surface area contributed by atoms with Crippen LogP contribution < -0.4 is 5.32 Å². The predicted octanol–water partition coefficient (Wildman–Crippen LogP) is 4.51. The zero-order chi connectivity index (χ0) is 13.4. The summed E-state index contributed by atoms with van der Waals surface area (Å²) in [6, 6.07) is 9.07. The molecule has 1 heteroatoms. The van der Waals surface area contributed by atoms with Crippen LogP contribution in [0.4, 0.5) is 0 Å². The number of nitrogens with one attached hydrogen (secondary N) is 1. The predicted molar refractivity (Wildman–Crippen MR) is 81.2 cm³/mol. The van der Waals surface area contributed by atoms with Gasteiger partial charge in [0.25, 0.3) is 0 Å². The van der Waals surface area contributed by atoms with Gasteiger partial charge < -0.3 is 5.32 Å². The first kappa shape index (κ1) is 15.2. The second-order valence-corrected chi connectivity index (χ2v) is 5.54. The van der Waals surface area contributed by atoms with Gasteiger partial charge >= 0.3 is 0 Å². The standard InChI is InChI=1S/C17H29N/c1-5-7-15(4)12-17(13-18-6-2)16-10-8-14(3)9-11-16/h8-11,15,17-18H,5-7,12-13H2,1-4H3.